The van der Waals surface area contributed by atoms with Crippen molar-refractivity contribution < 1.29 is 14.4 Å². The van der Waals surface area contributed by atoms with E-state index in [1.165, 1.54) is 49.7 Å². The Morgan fingerprint density at radius 2 is 0.892 bits per heavy atom. The first-order valence-electron chi connectivity index (χ1n) is 37.3. The number of hydrogen-bond donors (Lipinski definition) is 3. The van der Waals surface area contributed by atoms with Gasteiger partial charge in [-0.3, -0.25) is 29.1 Å². The minimum atomic E-state index is -0.263. The zero-order chi connectivity index (χ0) is 72.6. The number of carbonyl (C=O) groups is 3. The summed E-state index contributed by atoms with van der Waals surface area (Å²) in [7, 11) is 6.52. The van der Waals surface area contributed by atoms with Crippen LogP contribution in [0, 0.1) is 30.5 Å². The van der Waals surface area contributed by atoms with Crippen LogP contribution in [0.25, 0.3) is 25.7 Å². The van der Waals surface area contributed by atoms with Gasteiger partial charge in [0, 0.05) is 110 Å². The van der Waals surface area contributed by atoms with Gasteiger partial charge in [0.15, 0.2) is 22.9 Å². The van der Waals surface area contributed by atoms with Gasteiger partial charge in [-0.2, -0.15) is 0 Å². The lowest BCUT2D eigenvalue weighted by Gasteiger charge is -2.43. The standard InChI is InChI=1S/C29H38N6O.C27H36N6O.C25H34N6O/c1-28(2,35-19-17-34(4)18-20-35)24-9-7-22(32-27(36)23-8-10-25(30-3)31-23)26(33-24)21-11-15-29(16-12-21)13-5-6-14-29;1-26(2)13-11-19(12-14-26)24-20(30-25(34)21-8-10-23(28-5)29-21)7-9-22(31-24)27(3,4)33-17-15-32(6)16-18-33;1-25(2,31-16-14-29(4)15-17-31)22-11-10-21(23(28-22)30-12-6-5-7-13-30)27-24(32)19-8-9-20(18-19)26-3/h7,9-11H,5-6,8,12-20H2,1-2,4H3,(H,32,36);7,9-11H,8,12-18H2,1-4,6H3,(H,30,34);9-11,18H,5-8,12-17H2,1-2,4H3,(H,27,32). The monoisotopic (exact) mass is 1380 g/mol. The molecule has 3 aromatic rings. The molecule has 4 aliphatic carbocycles. The summed E-state index contributed by atoms with van der Waals surface area (Å²) in [5.74, 6) is 0.786. The highest BCUT2D eigenvalue weighted by atomic mass is 16.2. The quantitative estimate of drug-likeness (QED) is 0.122. The first-order valence-corrected chi connectivity index (χ1v) is 37.3. The number of carbonyl (C=O) groups excluding carboxylic acids is 3. The fourth-order valence-corrected chi connectivity index (χ4v) is 15.7. The van der Waals surface area contributed by atoms with E-state index in [0.717, 1.165) is 182 Å². The fraction of sp³-hybridized carbons (Fsp3) is 0.568. The maximum atomic E-state index is 13.0. The molecule has 1 spiro atoms. The number of pyridine rings is 3. The van der Waals surface area contributed by atoms with Gasteiger partial charge in [-0.1, -0.05) is 70.2 Å². The topological polar surface area (TPSA) is 186 Å². The number of nitrogens with one attached hydrogen (secondary N) is 3. The molecule has 0 radical (unpaired) electrons. The predicted molar refractivity (Wildman–Crippen MR) is 410 cm³/mol. The number of nitrogens with zero attached hydrogens (tertiary/aromatic N) is 15. The second-order valence-electron chi connectivity index (χ2n) is 31.9. The highest BCUT2D eigenvalue weighted by molar-refractivity contribution is 6.44. The lowest BCUT2D eigenvalue weighted by Crippen LogP contribution is -2.52. The molecule has 21 nitrogen and oxygen atoms in total. The number of amides is 3. The Bertz CT molecular complexity index is 4030. The summed E-state index contributed by atoms with van der Waals surface area (Å²) in [6, 6.07) is 12.2. The van der Waals surface area contributed by atoms with Gasteiger partial charge in [-0.15, -0.1) is 9.98 Å². The molecule has 3 N–H and O–H groups in total. The van der Waals surface area contributed by atoms with Crippen LogP contribution in [0.4, 0.5) is 22.9 Å². The normalized spacial score (nSPS) is 21.5. The van der Waals surface area contributed by atoms with E-state index in [9.17, 15) is 14.4 Å². The number of allylic oxidation sites excluding steroid dienone is 8. The molecule has 0 unspecified atom stereocenters. The zero-order valence-electron chi connectivity index (χ0n) is 62.6. The summed E-state index contributed by atoms with van der Waals surface area (Å²) in [6.45, 7) is 53.9. The van der Waals surface area contributed by atoms with Crippen molar-refractivity contribution in [3.05, 3.63) is 158 Å². The van der Waals surface area contributed by atoms with E-state index in [-0.39, 0.29) is 45.6 Å². The summed E-state index contributed by atoms with van der Waals surface area (Å²) in [5.41, 5.74) is 11.6. The lowest BCUT2D eigenvalue weighted by molar-refractivity contribution is -0.113. The van der Waals surface area contributed by atoms with Crippen LogP contribution in [-0.2, 0) is 31.0 Å². The molecule has 9 heterocycles. The van der Waals surface area contributed by atoms with Gasteiger partial charge in [0.1, 0.15) is 0 Å². The number of hydrogen-bond acceptors (Lipinski definition) is 15. The van der Waals surface area contributed by atoms with Gasteiger partial charge in [-0.05, 0) is 204 Å². The second-order valence-corrected chi connectivity index (χ2v) is 31.9. The highest BCUT2D eigenvalue weighted by Gasteiger charge is 2.40. The van der Waals surface area contributed by atoms with E-state index in [4.69, 9.17) is 34.7 Å². The van der Waals surface area contributed by atoms with E-state index in [1.807, 2.05) is 24.3 Å². The van der Waals surface area contributed by atoms with Gasteiger partial charge in [0.05, 0.1) is 68.7 Å². The molecule has 3 aromatic heterocycles. The molecule has 13 rings (SSSR count). The van der Waals surface area contributed by atoms with Crippen LogP contribution < -0.4 is 20.9 Å². The van der Waals surface area contributed by atoms with Crippen LogP contribution in [0.5, 0.6) is 0 Å². The van der Waals surface area contributed by atoms with Gasteiger partial charge in [0.2, 0.25) is 0 Å². The molecule has 10 aliphatic rings. The van der Waals surface area contributed by atoms with Gasteiger partial charge in [-0.25, -0.2) is 19.8 Å². The third-order valence-corrected chi connectivity index (χ3v) is 23.3. The zero-order valence-corrected chi connectivity index (χ0v) is 62.6. The second kappa shape index (κ2) is 32.1. The van der Waals surface area contributed by atoms with E-state index < -0.39 is 0 Å². The third-order valence-electron chi connectivity index (χ3n) is 23.3. The average molecular weight is 1380 g/mol. The fourth-order valence-electron chi connectivity index (χ4n) is 15.7. The molecule has 1 saturated carbocycles. The number of piperazine rings is 3. The summed E-state index contributed by atoms with van der Waals surface area (Å²) in [4.78, 5) is 89.8. The van der Waals surface area contributed by atoms with E-state index in [1.54, 1.807) is 24.3 Å². The van der Waals surface area contributed by atoms with Crippen molar-refractivity contribution >= 4 is 63.2 Å². The molecule has 0 atom stereocenters. The molecule has 102 heavy (non-hydrogen) atoms. The number of rotatable bonds is 15. The van der Waals surface area contributed by atoms with Gasteiger partial charge < -0.3 is 45.2 Å². The first-order chi connectivity index (χ1) is 48.8. The molecule has 21 heteroatoms. The average Bonchev–Trinajstić information content (AvgIpc) is 1.14. The Hall–Kier alpha value is -8.33. The minimum Gasteiger partial charge on any atom is -0.361 e. The predicted octanol–water partition coefficient (Wildman–Crippen LogP) is 13.6. The summed E-state index contributed by atoms with van der Waals surface area (Å²) < 4.78 is 0. The van der Waals surface area contributed by atoms with Crippen molar-refractivity contribution in [1.29, 1.82) is 0 Å². The van der Waals surface area contributed by atoms with Crippen LogP contribution in [0.3, 0.4) is 0 Å². The molecule has 5 fully saturated rings. The Morgan fingerprint density at radius 3 is 1.29 bits per heavy atom. The molecule has 3 amide bonds. The number of aromatic nitrogens is 3. The van der Waals surface area contributed by atoms with Crippen LogP contribution in [0.15, 0.2) is 106 Å². The molecule has 0 aromatic carbocycles. The van der Waals surface area contributed by atoms with Crippen LogP contribution >= 0.6 is 0 Å². The van der Waals surface area contributed by atoms with E-state index in [0.29, 0.717) is 58.9 Å². The Balaban J connectivity index is 0.000000154. The largest absolute Gasteiger partial charge is 0.361 e. The van der Waals surface area contributed by atoms with Gasteiger partial charge >= 0.3 is 0 Å². The third kappa shape index (κ3) is 17.6. The maximum Gasteiger partial charge on any atom is 0.294 e. The van der Waals surface area contributed by atoms with Gasteiger partial charge in [0.25, 0.3) is 29.4 Å². The Labute approximate surface area is 606 Å². The van der Waals surface area contributed by atoms with Crippen molar-refractivity contribution in [2.45, 2.75) is 175 Å². The number of aliphatic imine (C=N–C) groups is 2. The molecular formula is C81H108N18O3. The smallest absolute Gasteiger partial charge is 0.294 e. The maximum absolute atomic E-state index is 13.0. The number of piperidine rings is 1. The Kier molecular flexibility index (Phi) is 23.6. The first kappa shape index (κ1) is 74.8. The molecular weight excluding hydrogens is 1270 g/mol. The highest BCUT2D eigenvalue weighted by Crippen LogP contribution is 2.50. The van der Waals surface area contributed by atoms with Crippen molar-refractivity contribution in [3.63, 3.8) is 0 Å². The van der Waals surface area contributed by atoms with Crippen molar-refractivity contribution in [1.82, 2.24) is 44.4 Å². The van der Waals surface area contributed by atoms with E-state index >= 15 is 0 Å². The minimum absolute atomic E-state index is 0.147. The summed E-state index contributed by atoms with van der Waals surface area (Å²) >= 11 is 0. The van der Waals surface area contributed by atoms with Crippen molar-refractivity contribution in [2.75, 3.05) is 134 Å². The Morgan fingerprint density at radius 1 is 0.461 bits per heavy atom. The van der Waals surface area contributed by atoms with Crippen LogP contribution in [0.1, 0.15) is 187 Å². The summed E-state index contributed by atoms with van der Waals surface area (Å²) in [6.07, 6.45) is 28.1. The van der Waals surface area contributed by atoms with Crippen LogP contribution in [0.2, 0.25) is 0 Å². The number of likely N-dealkylation sites (N-methyl/N-ethyl adjacent to an activating group) is 3. The van der Waals surface area contributed by atoms with Crippen molar-refractivity contribution in [3.8, 4) is 0 Å². The molecule has 4 saturated heterocycles. The van der Waals surface area contributed by atoms with Crippen LogP contribution in [-0.4, -0.2) is 186 Å². The van der Waals surface area contributed by atoms with E-state index in [2.05, 4.69) is 176 Å². The molecule has 0 bridgehead atoms. The molecule has 6 aliphatic heterocycles. The number of anilines is 4. The lowest BCUT2D eigenvalue weighted by atomic mass is 9.73. The van der Waals surface area contributed by atoms with Crippen molar-refractivity contribution in [2.24, 2.45) is 20.8 Å². The summed E-state index contributed by atoms with van der Waals surface area (Å²) in [5, 5.41) is 9.23. The molecule has 540 valence electrons. The SMILES string of the molecule is [C-]#[N+]C1=CCC(C(=O)Nc2ccc(C(C)(C)N3CCN(C)CC3)nc2C2=CCC(C)(C)CC2)=N1.[C-]#[N+]C1=CCC(C(=O)Nc2ccc(C(C)(C)N3CCN(C)CC3)nc2C2=CCC3(CCCC3)CC2)=N1.[C-]#[N+]C1=CCC(C(=O)Nc2ccc(C(C)(C)N3CCN(C)CC3)nc2N2CCCCC2)=C1.